The molecular weight excluding hydrogens is 321 g/mol. The van der Waals surface area contributed by atoms with Crippen LogP contribution in [0.15, 0.2) is 16.6 Å². The maximum atomic E-state index is 11.4. The number of Topliss-reactive ketones (excluding diaryl/α,β-unsaturated/α-hetero) is 1. The summed E-state index contributed by atoms with van der Waals surface area (Å²) in [5.74, 6) is -0.0909. The van der Waals surface area contributed by atoms with Crippen LogP contribution in [0.3, 0.4) is 0 Å². The van der Waals surface area contributed by atoms with Gasteiger partial charge in [0, 0.05) is 4.47 Å². The van der Waals surface area contributed by atoms with Crippen LogP contribution < -0.4 is 5.73 Å². The molecule has 0 unspecified atom stereocenters. The van der Waals surface area contributed by atoms with Crippen molar-refractivity contribution in [2.45, 2.75) is 0 Å². The molecule has 0 heterocycles. The molecule has 5 heteroatoms. The fourth-order valence-electron chi connectivity index (χ4n) is 0.918. The van der Waals surface area contributed by atoms with Crippen molar-refractivity contribution >= 4 is 54.9 Å². The normalized spacial score (nSPS) is 10.1. The van der Waals surface area contributed by atoms with Crippen LogP contribution in [0.1, 0.15) is 10.4 Å². The summed E-state index contributed by atoms with van der Waals surface area (Å²) in [6, 6.07) is 3.35. The molecule has 0 fully saturated rings. The van der Waals surface area contributed by atoms with E-state index >= 15 is 0 Å². The van der Waals surface area contributed by atoms with Crippen molar-refractivity contribution in [3.63, 3.8) is 0 Å². The molecule has 2 nitrogen and oxygen atoms in total. The molecule has 0 aromatic heterocycles. The van der Waals surface area contributed by atoms with Gasteiger partial charge in [0.15, 0.2) is 5.78 Å². The molecule has 70 valence electrons. The van der Waals surface area contributed by atoms with Crippen molar-refractivity contribution in [2.24, 2.45) is 0 Å². The number of anilines is 1. The van der Waals surface area contributed by atoms with Crippen LogP contribution in [0.5, 0.6) is 0 Å². The Morgan fingerprint density at radius 2 is 2.15 bits per heavy atom. The standard InChI is InChI=1S/C8H6Br2ClNO/c9-3-6(13)7-4(10)1-2-5(11)8(7)12/h1-2H,3,12H2. The Morgan fingerprint density at radius 1 is 1.54 bits per heavy atom. The summed E-state index contributed by atoms with van der Waals surface area (Å²) in [6.07, 6.45) is 0. The van der Waals surface area contributed by atoms with Gasteiger partial charge in [0.2, 0.25) is 0 Å². The van der Waals surface area contributed by atoms with Gasteiger partial charge in [-0.1, -0.05) is 27.5 Å². The third kappa shape index (κ3) is 2.24. The highest BCUT2D eigenvalue weighted by molar-refractivity contribution is 9.10. The number of carbonyl (C=O) groups is 1. The highest BCUT2D eigenvalue weighted by Gasteiger charge is 2.14. The van der Waals surface area contributed by atoms with E-state index in [0.717, 1.165) is 0 Å². The predicted molar refractivity (Wildman–Crippen MR) is 61.7 cm³/mol. The lowest BCUT2D eigenvalue weighted by molar-refractivity contribution is 0.102. The molecule has 0 amide bonds. The van der Waals surface area contributed by atoms with Crippen LogP contribution in [0.2, 0.25) is 5.02 Å². The van der Waals surface area contributed by atoms with Gasteiger partial charge in [0.05, 0.1) is 21.6 Å². The summed E-state index contributed by atoms with van der Waals surface area (Å²) in [4.78, 5) is 11.4. The number of halogens is 3. The lowest BCUT2D eigenvalue weighted by Crippen LogP contribution is -2.06. The number of benzene rings is 1. The fraction of sp³-hybridized carbons (Fsp3) is 0.125. The van der Waals surface area contributed by atoms with Crippen molar-refractivity contribution in [2.75, 3.05) is 11.1 Å². The Bertz CT molecular complexity index is 354. The molecule has 0 spiro atoms. The van der Waals surface area contributed by atoms with E-state index in [2.05, 4.69) is 31.9 Å². The Kier molecular flexibility index (Phi) is 3.76. The van der Waals surface area contributed by atoms with Crippen LogP contribution in [-0.4, -0.2) is 11.1 Å². The van der Waals surface area contributed by atoms with Crippen molar-refractivity contribution < 1.29 is 4.79 Å². The zero-order valence-electron chi connectivity index (χ0n) is 6.48. The van der Waals surface area contributed by atoms with Crippen LogP contribution in [0.4, 0.5) is 5.69 Å². The Labute approximate surface area is 97.7 Å². The number of nitrogen functional groups attached to an aromatic ring is 1. The van der Waals surface area contributed by atoms with Crippen LogP contribution in [0.25, 0.3) is 0 Å². The van der Waals surface area contributed by atoms with Gasteiger partial charge in [-0.3, -0.25) is 4.79 Å². The Balaban J connectivity index is 3.33. The molecule has 1 aromatic rings. The average Bonchev–Trinajstić information content (AvgIpc) is 2.12. The van der Waals surface area contributed by atoms with Crippen molar-refractivity contribution in [3.05, 3.63) is 27.2 Å². The quantitative estimate of drug-likeness (QED) is 0.515. The third-order valence-electron chi connectivity index (χ3n) is 1.54. The summed E-state index contributed by atoms with van der Waals surface area (Å²) in [7, 11) is 0. The topological polar surface area (TPSA) is 43.1 Å². The second kappa shape index (κ2) is 4.44. The van der Waals surface area contributed by atoms with Crippen LogP contribution in [0, 0.1) is 0 Å². The average molecular weight is 327 g/mol. The first kappa shape index (κ1) is 11.0. The van der Waals surface area contributed by atoms with Crippen molar-refractivity contribution in [1.29, 1.82) is 0 Å². The van der Waals surface area contributed by atoms with E-state index in [-0.39, 0.29) is 11.1 Å². The number of rotatable bonds is 2. The number of alkyl halides is 1. The van der Waals surface area contributed by atoms with Gasteiger partial charge < -0.3 is 5.73 Å². The van der Waals surface area contributed by atoms with Crippen molar-refractivity contribution in [3.8, 4) is 0 Å². The van der Waals surface area contributed by atoms with Gasteiger partial charge in [-0.15, -0.1) is 0 Å². The lowest BCUT2D eigenvalue weighted by Gasteiger charge is -2.06. The molecule has 0 aliphatic carbocycles. The van der Waals surface area contributed by atoms with Crippen LogP contribution in [-0.2, 0) is 0 Å². The molecule has 0 saturated carbocycles. The zero-order valence-corrected chi connectivity index (χ0v) is 10.4. The van der Waals surface area contributed by atoms with E-state index in [1.165, 1.54) is 0 Å². The maximum absolute atomic E-state index is 11.4. The molecule has 0 bridgehead atoms. The smallest absolute Gasteiger partial charge is 0.176 e. The molecule has 0 saturated heterocycles. The van der Waals surface area contributed by atoms with E-state index in [4.69, 9.17) is 17.3 Å². The van der Waals surface area contributed by atoms with E-state index in [9.17, 15) is 4.79 Å². The summed E-state index contributed by atoms with van der Waals surface area (Å²) >= 11 is 12.1. The number of hydrogen-bond acceptors (Lipinski definition) is 2. The minimum Gasteiger partial charge on any atom is -0.397 e. The first-order chi connectivity index (χ1) is 6.07. The second-order valence-electron chi connectivity index (χ2n) is 2.37. The van der Waals surface area contributed by atoms with E-state index < -0.39 is 0 Å². The molecule has 0 atom stereocenters. The maximum Gasteiger partial charge on any atom is 0.176 e. The first-order valence-electron chi connectivity index (χ1n) is 3.40. The van der Waals surface area contributed by atoms with Gasteiger partial charge in [0.1, 0.15) is 0 Å². The molecular formula is C8H6Br2ClNO. The monoisotopic (exact) mass is 325 g/mol. The van der Waals surface area contributed by atoms with Crippen LogP contribution >= 0.6 is 43.5 Å². The molecule has 13 heavy (non-hydrogen) atoms. The first-order valence-corrected chi connectivity index (χ1v) is 5.69. The highest BCUT2D eigenvalue weighted by atomic mass is 79.9. The van der Waals surface area contributed by atoms with Gasteiger partial charge in [-0.2, -0.15) is 0 Å². The number of hydrogen-bond donors (Lipinski definition) is 1. The molecule has 1 rings (SSSR count). The molecule has 0 aliphatic heterocycles. The minimum absolute atomic E-state index is 0.0909. The summed E-state index contributed by atoms with van der Waals surface area (Å²) in [5.41, 5.74) is 6.41. The fourth-order valence-corrected chi connectivity index (χ4v) is 1.92. The molecule has 1 aromatic carbocycles. The largest absolute Gasteiger partial charge is 0.397 e. The number of ketones is 1. The SMILES string of the molecule is Nc1c(Cl)ccc(Br)c1C(=O)CBr. The Hall–Kier alpha value is -0.0600. The number of nitrogens with two attached hydrogens (primary N) is 1. The lowest BCUT2D eigenvalue weighted by atomic mass is 10.1. The summed E-state index contributed by atoms with van der Waals surface area (Å²) in [6.45, 7) is 0. The third-order valence-corrected chi connectivity index (χ3v) is 3.04. The summed E-state index contributed by atoms with van der Waals surface area (Å²) in [5, 5.41) is 0.628. The second-order valence-corrected chi connectivity index (χ2v) is 4.20. The Morgan fingerprint density at radius 3 is 2.69 bits per heavy atom. The van der Waals surface area contributed by atoms with E-state index in [1.807, 2.05) is 0 Å². The van der Waals surface area contributed by atoms with E-state index in [0.29, 0.717) is 20.7 Å². The van der Waals surface area contributed by atoms with Gasteiger partial charge in [-0.25, -0.2) is 0 Å². The van der Waals surface area contributed by atoms with E-state index in [1.54, 1.807) is 12.1 Å². The van der Waals surface area contributed by atoms with Gasteiger partial charge in [-0.05, 0) is 28.1 Å². The van der Waals surface area contributed by atoms with Crippen molar-refractivity contribution in [1.82, 2.24) is 0 Å². The number of carbonyl (C=O) groups excluding carboxylic acids is 1. The van der Waals surface area contributed by atoms with Gasteiger partial charge >= 0.3 is 0 Å². The minimum atomic E-state index is -0.0909. The highest BCUT2D eigenvalue weighted by Crippen LogP contribution is 2.30. The molecule has 0 radical (unpaired) electrons. The summed E-state index contributed by atoms with van der Waals surface area (Å²) < 4.78 is 0.666. The predicted octanol–water partition coefficient (Wildman–Crippen LogP) is 3.26. The zero-order chi connectivity index (χ0) is 10.0. The molecule has 2 N–H and O–H groups in total. The van der Waals surface area contributed by atoms with Gasteiger partial charge in [0.25, 0.3) is 0 Å². The molecule has 0 aliphatic rings.